The molecule has 1 N–H and O–H groups in total. The second-order valence-corrected chi connectivity index (χ2v) is 4.43. The van der Waals surface area contributed by atoms with Crippen molar-refractivity contribution in [2.45, 2.75) is 19.4 Å². The number of likely N-dealkylation sites (N-methyl/N-ethyl adjacent to an activating group) is 1. The van der Waals surface area contributed by atoms with E-state index in [1.165, 1.54) is 12.1 Å². The SMILES string of the molecule is CCN(CCOC)CCC(O)c1cc(F)cc(F)c1. The molecule has 0 aliphatic rings. The van der Waals surface area contributed by atoms with Crippen molar-refractivity contribution >= 4 is 0 Å². The molecule has 0 aliphatic heterocycles. The molecule has 0 aliphatic carbocycles. The molecule has 0 aromatic heterocycles. The molecule has 0 amide bonds. The molecule has 1 rings (SSSR count). The fourth-order valence-electron chi connectivity index (χ4n) is 1.89. The maximum Gasteiger partial charge on any atom is 0.126 e. The third-order valence-electron chi connectivity index (χ3n) is 3.05. The largest absolute Gasteiger partial charge is 0.388 e. The zero-order valence-corrected chi connectivity index (χ0v) is 11.4. The third kappa shape index (κ3) is 5.63. The van der Waals surface area contributed by atoms with Gasteiger partial charge in [-0.25, -0.2) is 8.78 Å². The predicted octanol–water partition coefficient (Wildman–Crippen LogP) is 2.36. The summed E-state index contributed by atoms with van der Waals surface area (Å²) >= 11 is 0. The topological polar surface area (TPSA) is 32.7 Å². The van der Waals surface area contributed by atoms with Crippen molar-refractivity contribution in [2.24, 2.45) is 0 Å². The smallest absolute Gasteiger partial charge is 0.126 e. The van der Waals surface area contributed by atoms with Gasteiger partial charge in [-0.2, -0.15) is 0 Å². The summed E-state index contributed by atoms with van der Waals surface area (Å²) in [5.41, 5.74) is 0.278. The summed E-state index contributed by atoms with van der Waals surface area (Å²) in [6.45, 7) is 4.91. The number of benzene rings is 1. The lowest BCUT2D eigenvalue weighted by atomic mass is 10.1. The highest BCUT2D eigenvalue weighted by Gasteiger charge is 2.12. The highest BCUT2D eigenvalue weighted by atomic mass is 19.1. The van der Waals surface area contributed by atoms with E-state index in [9.17, 15) is 13.9 Å². The second kappa shape index (κ2) is 8.19. The average molecular weight is 273 g/mol. The van der Waals surface area contributed by atoms with E-state index >= 15 is 0 Å². The maximum atomic E-state index is 13.0. The zero-order valence-electron chi connectivity index (χ0n) is 11.4. The molecular formula is C14H21F2NO2. The molecule has 1 aromatic carbocycles. The maximum absolute atomic E-state index is 13.0. The van der Waals surface area contributed by atoms with Gasteiger partial charge < -0.3 is 14.7 Å². The number of hydrogen-bond donors (Lipinski definition) is 1. The number of halogens is 2. The van der Waals surface area contributed by atoms with E-state index in [1.807, 2.05) is 6.92 Å². The number of ether oxygens (including phenoxy) is 1. The van der Waals surface area contributed by atoms with Gasteiger partial charge in [0.2, 0.25) is 0 Å². The van der Waals surface area contributed by atoms with Crippen LogP contribution >= 0.6 is 0 Å². The van der Waals surface area contributed by atoms with E-state index in [1.54, 1.807) is 7.11 Å². The Morgan fingerprint density at radius 3 is 2.37 bits per heavy atom. The van der Waals surface area contributed by atoms with Crippen LogP contribution in [-0.2, 0) is 4.74 Å². The summed E-state index contributed by atoms with van der Waals surface area (Å²) in [6, 6.07) is 3.13. The Morgan fingerprint density at radius 1 is 1.21 bits per heavy atom. The molecule has 3 nitrogen and oxygen atoms in total. The normalized spacial score (nSPS) is 12.9. The Bertz CT molecular complexity index is 367. The Kier molecular flexibility index (Phi) is 6.91. The molecule has 1 aromatic rings. The van der Waals surface area contributed by atoms with Crippen LogP contribution in [0.3, 0.4) is 0 Å². The first-order valence-electron chi connectivity index (χ1n) is 6.42. The van der Waals surface area contributed by atoms with Crippen molar-refractivity contribution in [1.29, 1.82) is 0 Å². The second-order valence-electron chi connectivity index (χ2n) is 4.43. The van der Waals surface area contributed by atoms with Crippen LogP contribution in [0.5, 0.6) is 0 Å². The fourth-order valence-corrected chi connectivity index (χ4v) is 1.89. The van der Waals surface area contributed by atoms with Gasteiger partial charge in [0.25, 0.3) is 0 Å². The number of nitrogens with zero attached hydrogens (tertiary/aromatic N) is 1. The van der Waals surface area contributed by atoms with Crippen LogP contribution in [-0.4, -0.2) is 43.4 Å². The fraction of sp³-hybridized carbons (Fsp3) is 0.571. The standard InChI is InChI=1S/C14H21F2NO2/c1-3-17(6-7-19-2)5-4-14(18)11-8-12(15)10-13(16)9-11/h8-10,14,18H,3-7H2,1-2H3. The number of aliphatic hydroxyl groups is 1. The van der Waals surface area contributed by atoms with E-state index in [0.717, 1.165) is 19.2 Å². The van der Waals surface area contributed by atoms with Crippen LogP contribution in [0.4, 0.5) is 8.78 Å². The first-order valence-corrected chi connectivity index (χ1v) is 6.42. The molecule has 0 saturated carbocycles. The molecule has 0 saturated heterocycles. The van der Waals surface area contributed by atoms with Crippen molar-refractivity contribution in [2.75, 3.05) is 33.4 Å². The summed E-state index contributed by atoms with van der Waals surface area (Å²) in [6.07, 6.45) is -0.428. The zero-order chi connectivity index (χ0) is 14.3. The first-order chi connectivity index (χ1) is 9.06. The lowest BCUT2D eigenvalue weighted by Crippen LogP contribution is -2.29. The summed E-state index contributed by atoms with van der Waals surface area (Å²) in [5.74, 6) is -1.33. The summed E-state index contributed by atoms with van der Waals surface area (Å²) in [4.78, 5) is 2.11. The molecule has 19 heavy (non-hydrogen) atoms. The van der Waals surface area contributed by atoms with Crippen molar-refractivity contribution < 1.29 is 18.6 Å². The van der Waals surface area contributed by atoms with Gasteiger partial charge in [-0.3, -0.25) is 0 Å². The summed E-state index contributed by atoms with van der Waals surface area (Å²) in [5, 5.41) is 9.95. The lowest BCUT2D eigenvalue weighted by molar-refractivity contribution is 0.119. The number of rotatable bonds is 8. The Hall–Kier alpha value is -1.04. The van der Waals surface area contributed by atoms with E-state index in [2.05, 4.69) is 4.90 Å². The summed E-state index contributed by atoms with van der Waals surface area (Å²) < 4.78 is 31.1. The van der Waals surface area contributed by atoms with Gasteiger partial charge in [0.1, 0.15) is 11.6 Å². The van der Waals surface area contributed by atoms with Crippen LogP contribution in [0.1, 0.15) is 25.0 Å². The molecule has 1 atom stereocenters. The minimum Gasteiger partial charge on any atom is -0.388 e. The molecular weight excluding hydrogens is 252 g/mol. The quantitative estimate of drug-likeness (QED) is 0.789. The molecule has 1 unspecified atom stereocenters. The monoisotopic (exact) mass is 273 g/mol. The highest BCUT2D eigenvalue weighted by Crippen LogP contribution is 2.19. The van der Waals surface area contributed by atoms with Crippen molar-refractivity contribution in [3.8, 4) is 0 Å². The van der Waals surface area contributed by atoms with E-state index < -0.39 is 17.7 Å². The lowest BCUT2D eigenvalue weighted by Gasteiger charge is -2.21. The van der Waals surface area contributed by atoms with Gasteiger partial charge >= 0.3 is 0 Å². The van der Waals surface area contributed by atoms with Crippen LogP contribution in [0, 0.1) is 11.6 Å². The van der Waals surface area contributed by atoms with Crippen LogP contribution in [0.25, 0.3) is 0 Å². The Labute approximate surface area is 112 Å². The molecule has 0 radical (unpaired) electrons. The number of methoxy groups -OCH3 is 1. The van der Waals surface area contributed by atoms with Gasteiger partial charge in [-0.05, 0) is 30.7 Å². The van der Waals surface area contributed by atoms with Crippen molar-refractivity contribution in [1.82, 2.24) is 4.90 Å². The summed E-state index contributed by atoms with van der Waals surface area (Å²) in [7, 11) is 1.64. The average Bonchev–Trinajstić information content (AvgIpc) is 2.37. The molecule has 5 heteroatoms. The molecule has 0 fully saturated rings. The van der Waals surface area contributed by atoms with Crippen molar-refractivity contribution in [3.05, 3.63) is 35.4 Å². The van der Waals surface area contributed by atoms with E-state index in [4.69, 9.17) is 4.74 Å². The molecule has 0 bridgehead atoms. The first kappa shape index (κ1) is 16.0. The van der Waals surface area contributed by atoms with Gasteiger partial charge in [0.15, 0.2) is 0 Å². The Balaban J connectivity index is 2.51. The van der Waals surface area contributed by atoms with E-state index in [-0.39, 0.29) is 5.56 Å². The van der Waals surface area contributed by atoms with Gasteiger partial charge in [0.05, 0.1) is 12.7 Å². The predicted molar refractivity (Wildman–Crippen MR) is 69.9 cm³/mol. The highest BCUT2D eigenvalue weighted by molar-refractivity contribution is 5.20. The third-order valence-corrected chi connectivity index (χ3v) is 3.05. The minimum absolute atomic E-state index is 0.278. The van der Waals surface area contributed by atoms with Gasteiger partial charge in [0, 0.05) is 26.3 Å². The van der Waals surface area contributed by atoms with Crippen LogP contribution < -0.4 is 0 Å². The van der Waals surface area contributed by atoms with Gasteiger partial charge in [-0.15, -0.1) is 0 Å². The number of hydrogen-bond acceptors (Lipinski definition) is 3. The molecule has 0 spiro atoms. The number of aliphatic hydroxyl groups excluding tert-OH is 1. The Morgan fingerprint density at radius 2 is 1.84 bits per heavy atom. The molecule has 0 heterocycles. The van der Waals surface area contributed by atoms with E-state index in [0.29, 0.717) is 19.6 Å². The minimum atomic E-state index is -0.859. The molecule has 108 valence electrons. The van der Waals surface area contributed by atoms with Crippen LogP contribution in [0.15, 0.2) is 18.2 Å². The van der Waals surface area contributed by atoms with Gasteiger partial charge in [-0.1, -0.05) is 6.92 Å². The van der Waals surface area contributed by atoms with Crippen LogP contribution in [0.2, 0.25) is 0 Å². The van der Waals surface area contributed by atoms with Crippen molar-refractivity contribution in [3.63, 3.8) is 0 Å².